The minimum Gasteiger partial charge on any atom is -0.325 e. The molecule has 1 unspecified atom stereocenters. The number of hydrogen-bond donors (Lipinski definition) is 3. The Morgan fingerprint density at radius 2 is 1.69 bits per heavy atom. The van der Waals surface area contributed by atoms with Crippen molar-refractivity contribution in [1.82, 2.24) is 0 Å². The molecule has 0 heterocycles. The molecule has 0 aliphatic rings. The second-order valence-corrected chi connectivity index (χ2v) is 10.2. The Labute approximate surface area is 206 Å². The van der Waals surface area contributed by atoms with Gasteiger partial charge in [-0.3, -0.25) is 19.7 Å². The molecule has 3 rings (SSSR count). The van der Waals surface area contributed by atoms with Crippen LogP contribution in [-0.4, -0.2) is 30.4 Å². The summed E-state index contributed by atoms with van der Waals surface area (Å²) in [5, 5.41) is 21.0. The highest BCUT2D eigenvalue weighted by molar-refractivity contribution is 8.00. The first-order valence-electron chi connectivity index (χ1n) is 10.3. The topological polar surface area (TPSA) is 162 Å². The molecular weight excluding hydrogens is 492 g/mol. The molecule has 12 heteroatoms. The third-order valence-electron chi connectivity index (χ3n) is 4.80. The normalized spacial score (nSPS) is 11.9. The fraction of sp³-hybridized carbons (Fsp3) is 0.130. The highest BCUT2D eigenvalue weighted by Crippen LogP contribution is 2.29. The summed E-state index contributed by atoms with van der Waals surface area (Å²) in [6.45, 7) is 1.86. The molecule has 2 amide bonds. The van der Waals surface area contributed by atoms with Crippen molar-refractivity contribution in [2.75, 3.05) is 10.6 Å². The van der Waals surface area contributed by atoms with Crippen molar-refractivity contribution >= 4 is 50.7 Å². The van der Waals surface area contributed by atoms with Crippen molar-refractivity contribution in [3.05, 3.63) is 88.5 Å². The minimum absolute atomic E-state index is 0.0547. The number of primary sulfonamides is 1. The number of benzene rings is 3. The van der Waals surface area contributed by atoms with Crippen LogP contribution in [0, 0.1) is 10.1 Å². The van der Waals surface area contributed by atoms with Crippen molar-refractivity contribution in [3.63, 3.8) is 0 Å². The zero-order valence-corrected chi connectivity index (χ0v) is 20.1. The summed E-state index contributed by atoms with van der Waals surface area (Å²) in [6.07, 6.45) is 0.510. The first-order valence-corrected chi connectivity index (χ1v) is 12.8. The molecule has 0 spiro atoms. The molecular formula is C23H22N4O6S2. The number of thioether (sulfide) groups is 1. The smallest absolute Gasteiger partial charge is 0.270 e. The Bertz CT molecular complexity index is 1360. The van der Waals surface area contributed by atoms with Crippen LogP contribution in [0.25, 0.3) is 0 Å². The highest BCUT2D eigenvalue weighted by Gasteiger charge is 2.19. The molecule has 0 fully saturated rings. The predicted octanol–water partition coefficient (Wildman–Crippen LogP) is 4.00. The number of carbonyl (C=O) groups excluding carboxylic acids is 2. The van der Waals surface area contributed by atoms with Gasteiger partial charge in [0.05, 0.1) is 15.1 Å². The molecule has 182 valence electrons. The lowest BCUT2D eigenvalue weighted by molar-refractivity contribution is -0.384. The Morgan fingerprint density at radius 1 is 1.00 bits per heavy atom. The largest absolute Gasteiger partial charge is 0.325 e. The zero-order chi connectivity index (χ0) is 25.6. The molecule has 10 nitrogen and oxygen atoms in total. The van der Waals surface area contributed by atoms with Crippen LogP contribution < -0.4 is 15.8 Å². The number of sulfonamides is 1. The first kappa shape index (κ1) is 25.9. The van der Waals surface area contributed by atoms with E-state index in [1.165, 1.54) is 60.3 Å². The van der Waals surface area contributed by atoms with E-state index in [4.69, 9.17) is 5.14 Å². The molecule has 4 N–H and O–H groups in total. The number of non-ortho nitro benzene ring substituents is 1. The van der Waals surface area contributed by atoms with Crippen LogP contribution >= 0.6 is 11.8 Å². The van der Waals surface area contributed by atoms with Crippen LogP contribution in [-0.2, 0) is 14.8 Å². The molecule has 1 atom stereocenters. The van der Waals surface area contributed by atoms with Gasteiger partial charge in [-0.15, -0.1) is 11.8 Å². The van der Waals surface area contributed by atoms with E-state index >= 15 is 0 Å². The van der Waals surface area contributed by atoms with Crippen LogP contribution in [0.5, 0.6) is 0 Å². The van der Waals surface area contributed by atoms with Crippen molar-refractivity contribution in [2.45, 2.75) is 28.4 Å². The summed E-state index contributed by atoms with van der Waals surface area (Å²) in [7, 11) is -3.82. The van der Waals surface area contributed by atoms with Crippen LogP contribution in [0.2, 0.25) is 0 Å². The van der Waals surface area contributed by atoms with E-state index in [-0.39, 0.29) is 22.1 Å². The third kappa shape index (κ3) is 7.12. The summed E-state index contributed by atoms with van der Waals surface area (Å²) in [5.41, 5.74) is 0.870. The van der Waals surface area contributed by atoms with Crippen molar-refractivity contribution in [1.29, 1.82) is 0 Å². The fourth-order valence-corrected chi connectivity index (χ4v) is 4.58. The number of nitro groups is 1. The maximum atomic E-state index is 12.8. The zero-order valence-electron chi connectivity index (χ0n) is 18.5. The standard InChI is InChI=1S/C23H22N4O6S2/c1-2-21(23(29)25-16-9-11-20(12-10-16)35(24,32)33)34-19-8-4-6-17(14-19)26-22(28)15-5-3-7-18(13-15)27(30)31/h3-14,21H,2H2,1H3,(H,25,29)(H,26,28)(H2,24,32,33). The summed E-state index contributed by atoms with van der Waals surface area (Å²) in [5.74, 6) is -0.768. The van der Waals surface area contributed by atoms with E-state index in [2.05, 4.69) is 10.6 Å². The van der Waals surface area contributed by atoms with Gasteiger partial charge in [0.1, 0.15) is 0 Å². The molecule has 35 heavy (non-hydrogen) atoms. The Hall–Kier alpha value is -3.74. The lowest BCUT2D eigenvalue weighted by Gasteiger charge is -2.15. The number of nitrogens with one attached hydrogen (secondary N) is 2. The van der Waals surface area contributed by atoms with Gasteiger partial charge in [-0.05, 0) is 55.0 Å². The third-order valence-corrected chi connectivity index (χ3v) is 7.09. The molecule has 0 aromatic heterocycles. The Kier molecular flexibility index (Phi) is 8.22. The van der Waals surface area contributed by atoms with Gasteiger partial charge in [0.2, 0.25) is 15.9 Å². The van der Waals surface area contributed by atoms with Gasteiger partial charge >= 0.3 is 0 Å². The van der Waals surface area contributed by atoms with Gasteiger partial charge in [-0.2, -0.15) is 0 Å². The molecule has 0 bridgehead atoms. The summed E-state index contributed by atoms with van der Waals surface area (Å²) in [4.78, 5) is 36.3. The van der Waals surface area contributed by atoms with E-state index < -0.39 is 26.1 Å². The number of nitro benzene ring substituents is 1. The summed E-state index contributed by atoms with van der Waals surface area (Å²) < 4.78 is 22.7. The van der Waals surface area contributed by atoms with Crippen LogP contribution in [0.4, 0.5) is 17.1 Å². The van der Waals surface area contributed by atoms with Crippen LogP contribution in [0.3, 0.4) is 0 Å². The van der Waals surface area contributed by atoms with Gasteiger partial charge in [-0.1, -0.05) is 19.1 Å². The number of rotatable bonds is 9. The van der Waals surface area contributed by atoms with Crippen LogP contribution in [0.1, 0.15) is 23.7 Å². The molecule has 0 saturated heterocycles. The quantitative estimate of drug-likeness (QED) is 0.221. The number of amides is 2. The van der Waals surface area contributed by atoms with Crippen molar-refractivity contribution < 1.29 is 22.9 Å². The molecule has 3 aromatic carbocycles. The Balaban J connectivity index is 1.67. The van der Waals surface area contributed by atoms with Gasteiger partial charge in [0.15, 0.2) is 0 Å². The van der Waals surface area contributed by atoms with Gasteiger partial charge in [-0.25, -0.2) is 13.6 Å². The fourth-order valence-electron chi connectivity index (χ4n) is 3.05. The number of nitrogens with two attached hydrogens (primary N) is 1. The first-order chi connectivity index (χ1) is 16.6. The summed E-state index contributed by atoms with van der Waals surface area (Å²) in [6, 6.07) is 17.9. The second-order valence-electron chi connectivity index (χ2n) is 7.36. The van der Waals surface area contributed by atoms with Crippen LogP contribution in [0.15, 0.2) is 82.6 Å². The maximum Gasteiger partial charge on any atom is 0.270 e. The van der Waals surface area contributed by atoms with E-state index in [0.29, 0.717) is 17.8 Å². The molecule has 0 aliphatic heterocycles. The Morgan fingerprint density at radius 3 is 2.31 bits per heavy atom. The monoisotopic (exact) mass is 514 g/mol. The summed E-state index contributed by atoms with van der Waals surface area (Å²) >= 11 is 1.30. The number of nitrogens with zero attached hydrogens (tertiary/aromatic N) is 1. The van der Waals surface area contributed by atoms with E-state index in [1.54, 1.807) is 24.3 Å². The number of hydrogen-bond acceptors (Lipinski definition) is 7. The predicted molar refractivity (Wildman–Crippen MR) is 134 cm³/mol. The average Bonchev–Trinajstić information content (AvgIpc) is 2.82. The average molecular weight is 515 g/mol. The van der Waals surface area contributed by atoms with E-state index in [9.17, 15) is 28.1 Å². The lowest BCUT2D eigenvalue weighted by atomic mass is 10.2. The van der Waals surface area contributed by atoms with Gasteiger partial charge < -0.3 is 10.6 Å². The number of carbonyl (C=O) groups is 2. The highest BCUT2D eigenvalue weighted by atomic mass is 32.2. The maximum absolute atomic E-state index is 12.8. The second kappa shape index (κ2) is 11.1. The molecule has 0 radical (unpaired) electrons. The van der Waals surface area contributed by atoms with Crippen molar-refractivity contribution in [3.8, 4) is 0 Å². The van der Waals surface area contributed by atoms with E-state index in [0.717, 1.165) is 4.90 Å². The molecule has 3 aromatic rings. The van der Waals surface area contributed by atoms with E-state index in [1.807, 2.05) is 6.92 Å². The molecule has 0 aliphatic carbocycles. The van der Waals surface area contributed by atoms with Crippen molar-refractivity contribution in [2.24, 2.45) is 5.14 Å². The molecule has 0 saturated carbocycles. The van der Waals surface area contributed by atoms with Gasteiger partial charge in [0.25, 0.3) is 11.6 Å². The van der Waals surface area contributed by atoms with Gasteiger partial charge in [0, 0.05) is 34.0 Å². The SMILES string of the molecule is CCC(Sc1cccc(NC(=O)c2cccc([N+](=O)[O-])c2)c1)C(=O)Nc1ccc(S(N)(=O)=O)cc1. The minimum atomic E-state index is -3.82. The lowest BCUT2D eigenvalue weighted by Crippen LogP contribution is -2.24. The number of anilines is 2.